The van der Waals surface area contributed by atoms with Gasteiger partial charge in [-0.05, 0) is 42.8 Å². The monoisotopic (exact) mass is 282 g/mol. The molecule has 3 rings (SSSR count). The summed E-state index contributed by atoms with van der Waals surface area (Å²) in [7, 11) is 1.61. The summed E-state index contributed by atoms with van der Waals surface area (Å²) in [6, 6.07) is 11.9. The highest BCUT2D eigenvalue weighted by Crippen LogP contribution is 2.36. The molecule has 0 bridgehead atoms. The van der Waals surface area contributed by atoms with E-state index in [2.05, 4.69) is 0 Å². The molecule has 0 saturated carbocycles. The number of phenols is 1. The van der Waals surface area contributed by atoms with Gasteiger partial charge in [0.05, 0.1) is 12.7 Å². The molecule has 0 saturated heterocycles. The van der Waals surface area contributed by atoms with Crippen molar-refractivity contribution in [2.45, 2.75) is 6.92 Å². The lowest BCUT2D eigenvalue weighted by atomic mass is 10.0. The maximum Gasteiger partial charge on any atom is 0.186 e. The molecule has 0 spiro atoms. The summed E-state index contributed by atoms with van der Waals surface area (Å²) in [6.07, 6.45) is 0. The topological polar surface area (TPSA) is 59.7 Å². The zero-order valence-corrected chi connectivity index (χ0v) is 11.7. The smallest absolute Gasteiger partial charge is 0.186 e. The van der Waals surface area contributed by atoms with E-state index in [1.807, 2.05) is 37.3 Å². The molecule has 1 heterocycles. The summed E-state index contributed by atoms with van der Waals surface area (Å²) in [5.41, 5.74) is 2.00. The second kappa shape index (κ2) is 4.98. The highest BCUT2D eigenvalue weighted by Gasteiger charge is 2.16. The van der Waals surface area contributed by atoms with Crippen molar-refractivity contribution in [2.75, 3.05) is 7.11 Å². The normalized spacial score (nSPS) is 10.8. The van der Waals surface area contributed by atoms with Crippen LogP contribution < -0.4 is 10.2 Å². The first-order valence-electron chi connectivity index (χ1n) is 6.50. The molecule has 1 aromatic carbocycles. The predicted octanol–water partition coefficient (Wildman–Crippen LogP) is 3.43. The molecule has 21 heavy (non-hydrogen) atoms. The summed E-state index contributed by atoms with van der Waals surface area (Å²) in [5.74, 6) is 1.72. The van der Waals surface area contributed by atoms with E-state index in [1.165, 1.54) is 12.1 Å². The minimum absolute atomic E-state index is 0.0555. The van der Waals surface area contributed by atoms with Crippen LogP contribution in [0.1, 0.15) is 5.56 Å². The van der Waals surface area contributed by atoms with Crippen LogP contribution in [-0.2, 0) is 0 Å². The lowest BCUT2D eigenvalue weighted by molar-refractivity contribution is 0.415. The quantitative estimate of drug-likeness (QED) is 0.782. The van der Waals surface area contributed by atoms with Crippen LogP contribution in [0.5, 0.6) is 11.5 Å². The van der Waals surface area contributed by atoms with Crippen LogP contribution in [0.25, 0.3) is 22.6 Å². The third-order valence-corrected chi connectivity index (χ3v) is 3.39. The molecule has 1 aliphatic heterocycles. The van der Waals surface area contributed by atoms with E-state index in [9.17, 15) is 9.90 Å². The van der Waals surface area contributed by atoms with Crippen LogP contribution in [0.15, 0.2) is 51.7 Å². The van der Waals surface area contributed by atoms with Crippen molar-refractivity contribution in [1.82, 2.24) is 0 Å². The average Bonchev–Trinajstić information content (AvgIpc) is 2.46. The van der Waals surface area contributed by atoms with Gasteiger partial charge in [-0.3, -0.25) is 4.79 Å². The van der Waals surface area contributed by atoms with Gasteiger partial charge in [0.25, 0.3) is 0 Å². The van der Waals surface area contributed by atoms with E-state index in [0.29, 0.717) is 17.1 Å². The van der Waals surface area contributed by atoms with Gasteiger partial charge in [-0.25, -0.2) is 0 Å². The van der Waals surface area contributed by atoms with Crippen molar-refractivity contribution >= 4 is 0 Å². The Morgan fingerprint density at radius 3 is 2.43 bits per heavy atom. The lowest BCUT2D eigenvalue weighted by Crippen LogP contribution is -2.00. The number of benzene rings is 2. The number of hydrogen-bond donors (Lipinski definition) is 1. The highest BCUT2D eigenvalue weighted by atomic mass is 16.5. The molecule has 0 atom stereocenters. The fourth-order valence-corrected chi connectivity index (χ4v) is 2.37. The Kier molecular flexibility index (Phi) is 3.14. The molecule has 1 aliphatic carbocycles. The van der Waals surface area contributed by atoms with Crippen LogP contribution in [0.4, 0.5) is 0 Å². The van der Waals surface area contributed by atoms with Gasteiger partial charge >= 0.3 is 0 Å². The fourth-order valence-electron chi connectivity index (χ4n) is 2.37. The number of rotatable bonds is 2. The number of aromatic hydroxyl groups is 1. The van der Waals surface area contributed by atoms with E-state index >= 15 is 0 Å². The summed E-state index contributed by atoms with van der Waals surface area (Å²) in [6.45, 7) is 1.87. The van der Waals surface area contributed by atoms with Gasteiger partial charge in [0.2, 0.25) is 0 Å². The van der Waals surface area contributed by atoms with Crippen LogP contribution in [-0.4, -0.2) is 12.2 Å². The van der Waals surface area contributed by atoms with Crippen molar-refractivity contribution in [3.63, 3.8) is 0 Å². The highest BCUT2D eigenvalue weighted by molar-refractivity contribution is 5.73. The molecule has 0 fully saturated rings. The molecule has 4 nitrogen and oxygen atoms in total. The molecule has 0 radical (unpaired) electrons. The van der Waals surface area contributed by atoms with Gasteiger partial charge in [0.1, 0.15) is 23.0 Å². The molecule has 0 unspecified atom stereocenters. The maximum absolute atomic E-state index is 11.5. The first-order chi connectivity index (χ1) is 10.1. The first-order valence-corrected chi connectivity index (χ1v) is 6.50. The predicted molar refractivity (Wildman–Crippen MR) is 80.0 cm³/mol. The van der Waals surface area contributed by atoms with Gasteiger partial charge < -0.3 is 14.3 Å². The maximum atomic E-state index is 11.5. The number of fused-ring (bicyclic) bond motifs is 1. The molecule has 0 aromatic heterocycles. The standard InChI is InChI=1S/C17H14O4/c1-10-7-15(11-3-5-13(20-2)6-4-11)21-16-9-12(18)8-14(19)17(10)16/h3-9,19H,1-2H3. The number of phenolic OH excluding ortho intramolecular Hbond substituents is 1. The van der Waals surface area contributed by atoms with Crippen molar-refractivity contribution in [3.05, 3.63) is 58.3 Å². The molecule has 4 heteroatoms. The molecular formula is C17H14O4. The van der Waals surface area contributed by atoms with Crippen molar-refractivity contribution < 1.29 is 14.3 Å². The SMILES string of the molecule is COc1ccc(-c2cc(C)c3c(O)cc(=O)cc-3o2)cc1. The van der Waals surface area contributed by atoms with E-state index in [1.54, 1.807) is 7.11 Å². The molecule has 2 aliphatic rings. The zero-order chi connectivity index (χ0) is 15.0. The van der Waals surface area contributed by atoms with Crippen LogP contribution in [0.3, 0.4) is 0 Å². The lowest BCUT2D eigenvalue weighted by Gasteiger charge is -2.12. The first kappa shape index (κ1) is 13.2. The summed E-state index contributed by atoms with van der Waals surface area (Å²) in [4.78, 5) is 11.5. The van der Waals surface area contributed by atoms with E-state index in [4.69, 9.17) is 9.15 Å². The Balaban J connectivity index is 2.20. The van der Waals surface area contributed by atoms with Gasteiger partial charge in [0.15, 0.2) is 5.43 Å². The summed E-state index contributed by atoms with van der Waals surface area (Å²) >= 11 is 0. The van der Waals surface area contributed by atoms with E-state index in [-0.39, 0.29) is 11.2 Å². The number of methoxy groups -OCH3 is 1. The van der Waals surface area contributed by atoms with Crippen molar-refractivity contribution in [1.29, 1.82) is 0 Å². The Morgan fingerprint density at radius 2 is 1.76 bits per heavy atom. The van der Waals surface area contributed by atoms with Crippen LogP contribution in [0, 0.1) is 6.92 Å². The zero-order valence-electron chi connectivity index (χ0n) is 11.7. The Morgan fingerprint density at radius 1 is 1.05 bits per heavy atom. The second-order valence-electron chi connectivity index (χ2n) is 4.84. The van der Waals surface area contributed by atoms with Crippen LogP contribution in [0.2, 0.25) is 0 Å². The molecule has 0 amide bonds. The Hall–Kier alpha value is -2.75. The Labute approximate surface area is 121 Å². The summed E-state index contributed by atoms with van der Waals surface area (Å²) in [5, 5.41) is 9.89. The average molecular weight is 282 g/mol. The van der Waals surface area contributed by atoms with E-state index in [0.717, 1.165) is 16.9 Å². The van der Waals surface area contributed by atoms with Gasteiger partial charge in [-0.1, -0.05) is 0 Å². The Bertz CT molecular complexity index is 815. The molecule has 1 N–H and O–H groups in total. The van der Waals surface area contributed by atoms with Gasteiger partial charge in [-0.2, -0.15) is 0 Å². The van der Waals surface area contributed by atoms with Gasteiger partial charge in [-0.15, -0.1) is 0 Å². The molecular weight excluding hydrogens is 268 g/mol. The van der Waals surface area contributed by atoms with Crippen LogP contribution >= 0.6 is 0 Å². The molecule has 1 aromatic rings. The third kappa shape index (κ3) is 2.36. The minimum atomic E-state index is -0.282. The minimum Gasteiger partial charge on any atom is -0.507 e. The van der Waals surface area contributed by atoms with Gasteiger partial charge in [0, 0.05) is 17.7 Å². The van der Waals surface area contributed by atoms with Crippen molar-refractivity contribution in [2.24, 2.45) is 0 Å². The largest absolute Gasteiger partial charge is 0.507 e. The molecule has 106 valence electrons. The number of aryl methyl sites for hydroxylation is 1. The number of ether oxygens (including phenoxy) is 1. The number of hydrogen-bond acceptors (Lipinski definition) is 4. The second-order valence-corrected chi connectivity index (χ2v) is 4.84. The summed E-state index contributed by atoms with van der Waals surface area (Å²) < 4.78 is 10.9. The van der Waals surface area contributed by atoms with Crippen molar-refractivity contribution in [3.8, 4) is 34.1 Å². The fraction of sp³-hybridized carbons (Fsp3) is 0.118. The third-order valence-electron chi connectivity index (χ3n) is 3.39. The van der Waals surface area contributed by atoms with E-state index < -0.39 is 0 Å².